The first-order valence-corrected chi connectivity index (χ1v) is 9.48. The zero-order chi connectivity index (χ0) is 19.2. The number of ether oxygens (including phenoxy) is 1. The van der Waals surface area contributed by atoms with Crippen molar-refractivity contribution in [1.82, 2.24) is 20.0 Å². The minimum atomic E-state index is -0.278. The van der Waals surface area contributed by atoms with Crippen molar-refractivity contribution in [3.05, 3.63) is 47.8 Å². The van der Waals surface area contributed by atoms with Crippen LogP contribution in [-0.4, -0.2) is 52.4 Å². The van der Waals surface area contributed by atoms with E-state index >= 15 is 0 Å². The number of amides is 2. The zero-order valence-electron chi connectivity index (χ0n) is 15.9. The van der Waals surface area contributed by atoms with E-state index in [4.69, 9.17) is 4.74 Å². The van der Waals surface area contributed by atoms with Gasteiger partial charge in [0.2, 0.25) is 0 Å². The molecule has 1 saturated heterocycles. The molecule has 0 unspecified atom stereocenters. The minimum absolute atomic E-state index is 0.0490. The lowest BCUT2D eigenvalue weighted by molar-refractivity contribution is 0.0859. The topological polar surface area (TPSA) is 76.5 Å². The fraction of sp³-hybridized carbons (Fsp3) is 0.450. The molecule has 2 amide bonds. The molecule has 3 rings (SSSR count). The first-order valence-electron chi connectivity index (χ1n) is 9.48. The first-order chi connectivity index (χ1) is 13.1. The van der Waals surface area contributed by atoms with Crippen molar-refractivity contribution < 1.29 is 14.3 Å². The fourth-order valence-electron chi connectivity index (χ4n) is 3.38. The number of para-hydroxylation sites is 1. The molecule has 0 radical (unpaired) electrons. The van der Waals surface area contributed by atoms with Gasteiger partial charge in [-0.1, -0.05) is 25.1 Å². The highest BCUT2D eigenvalue weighted by atomic mass is 16.6. The second kappa shape index (κ2) is 8.70. The highest BCUT2D eigenvalue weighted by Crippen LogP contribution is 2.17. The number of hydrogen-bond donors (Lipinski definition) is 1. The Labute approximate surface area is 159 Å². The van der Waals surface area contributed by atoms with E-state index in [0.29, 0.717) is 31.7 Å². The highest BCUT2D eigenvalue weighted by Gasteiger charge is 2.26. The van der Waals surface area contributed by atoms with Gasteiger partial charge in [-0.15, -0.1) is 0 Å². The SMILES string of the molecule is CCOC(=O)N1CCC(NC(=O)c2cnn(-c3ccccc3)c2CC)CC1. The average Bonchev–Trinajstić information content (AvgIpc) is 3.13. The van der Waals surface area contributed by atoms with E-state index in [1.165, 1.54) is 0 Å². The van der Waals surface area contributed by atoms with Crippen LogP contribution in [0, 0.1) is 0 Å². The summed E-state index contributed by atoms with van der Waals surface area (Å²) in [6.45, 7) is 5.37. The maximum absolute atomic E-state index is 12.8. The smallest absolute Gasteiger partial charge is 0.409 e. The van der Waals surface area contributed by atoms with Gasteiger partial charge >= 0.3 is 6.09 Å². The molecule has 0 bridgehead atoms. The van der Waals surface area contributed by atoms with E-state index in [9.17, 15) is 9.59 Å². The third kappa shape index (κ3) is 4.30. The molecule has 2 aromatic rings. The number of benzene rings is 1. The van der Waals surface area contributed by atoms with Gasteiger partial charge in [0, 0.05) is 19.1 Å². The number of rotatable bonds is 5. The molecule has 0 spiro atoms. The van der Waals surface area contributed by atoms with Crippen LogP contribution in [0.15, 0.2) is 36.5 Å². The van der Waals surface area contributed by atoms with Gasteiger partial charge in [-0.3, -0.25) is 4.79 Å². The van der Waals surface area contributed by atoms with Crippen molar-refractivity contribution in [3.63, 3.8) is 0 Å². The van der Waals surface area contributed by atoms with Gasteiger partial charge in [0.25, 0.3) is 5.91 Å². The molecule has 1 aromatic carbocycles. The Morgan fingerprint density at radius 1 is 1.19 bits per heavy atom. The number of hydrogen-bond acceptors (Lipinski definition) is 4. The second-order valence-corrected chi connectivity index (χ2v) is 6.54. The van der Waals surface area contributed by atoms with Crippen molar-refractivity contribution >= 4 is 12.0 Å². The molecule has 0 saturated carbocycles. The van der Waals surface area contributed by atoms with Crippen LogP contribution in [0.2, 0.25) is 0 Å². The number of aromatic nitrogens is 2. The molecule has 1 aliphatic heterocycles. The van der Waals surface area contributed by atoms with E-state index in [-0.39, 0.29) is 18.0 Å². The van der Waals surface area contributed by atoms with Crippen LogP contribution in [0.4, 0.5) is 4.79 Å². The Balaban J connectivity index is 1.64. The van der Waals surface area contributed by atoms with Crippen molar-refractivity contribution in [2.24, 2.45) is 0 Å². The lowest BCUT2D eigenvalue weighted by Crippen LogP contribution is -2.46. The average molecular weight is 370 g/mol. The number of nitrogens with one attached hydrogen (secondary N) is 1. The summed E-state index contributed by atoms with van der Waals surface area (Å²) in [5.41, 5.74) is 2.44. The maximum atomic E-state index is 12.8. The van der Waals surface area contributed by atoms with Crippen LogP contribution >= 0.6 is 0 Å². The van der Waals surface area contributed by atoms with Gasteiger partial charge in [-0.2, -0.15) is 5.10 Å². The monoisotopic (exact) mass is 370 g/mol. The minimum Gasteiger partial charge on any atom is -0.450 e. The summed E-state index contributed by atoms with van der Waals surface area (Å²) < 4.78 is 6.85. The molecule has 1 N–H and O–H groups in total. The van der Waals surface area contributed by atoms with E-state index in [2.05, 4.69) is 10.4 Å². The molecule has 1 fully saturated rings. The van der Waals surface area contributed by atoms with Crippen LogP contribution < -0.4 is 5.32 Å². The molecular weight excluding hydrogens is 344 g/mol. The number of piperidine rings is 1. The van der Waals surface area contributed by atoms with Gasteiger partial charge in [0.1, 0.15) is 0 Å². The lowest BCUT2D eigenvalue weighted by Gasteiger charge is -2.31. The van der Waals surface area contributed by atoms with Crippen LogP contribution in [0.3, 0.4) is 0 Å². The number of nitrogens with zero attached hydrogens (tertiary/aromatic N) is 3. The molecule has 27 heavy (non-hydrogen) atoms. The Morgan fingerprint density at radius 3 is 2.52 bits per heavy atom. The van der Waals surface area contributed by atoms with Crippen LogP contribution in [0.1, 0.15) is 42.7 Å². The third-order valence-electron chi connectivity index (χ3n) is 4.81. The quantitative estimate of drug-likeness (QED) is 0.878. The Morgan fingerprint density at radius 2 is 1.89 bits per heavy atom. The molecule has 144 valence electrons. The lowest BCUT2D eigenvalue weighted by atomic mass is 10.0. The van der Waals surface area contributed by atoms with Crippen molar-refractivity contribution in [2.45, 2.75) is 39.2 Å². The Hall–Kier alpha value is -2.83. The van der Waals surface area contributed by atoms with E-state index in [1.54, 1.807) is 18.0 Å². The molecule has 1 aliphatic rings. The molecule has 7 heteroatoms. The van der Waals surface area contributed by atoms with Gasteiger partial charge in [-0.05, 0) is 38.3 Å². The predicted octanol–water partition coefficient (Wildman–Crippen LogP) is 2.79. The van der Waals surface area contributed by atoms with Crippen LogP contribution in [0.5, 0.6) is 0 Å². The third-order valence-corrected chi connectivity index (χ3v) is 4.81. The molecule has 1 aromatic heterocycles. The summed E-state index contributed by atoms with van der Waals surface area (Å²) in [5, 5.41) is 7.51. The molecule has 7 nitrogen and oxygen atoms in total. The molecular formula is C20H26N4O3. The number of likely N-dealkylation sites (tertiary alicyclic amines) is 1. The largest absolute Gasteiger partial charge is 0.450 e. The van der Waals surface area contributed by atoms with E-state index in [1.807, 2.05) is 41.9 Å². The number of carbonyl (C=O) groups is 2. The van der Waals surface area contributed by atoms with E-state index in [0.717, 1.165) is 24.2 Å². The van der Waals surface area contributed by atoms with Crippen LogP contribution in [0.25, 0.3) is 5.69 Å². The first kappa shape index (κ1) is 18.9. The number of carbonyl (C=O) groups excluding carboxylic acids is 2. The summed E-state index contributed by atoms with van der Waals surface area (Å²) >= 11 is 0. The maximum Gasteiger partial charge on any atom is 0.409 e. The summed E-state index contributed by atoms with van der Waals surface area (Å²) in [4.78, 5) is 26.3. The van der Waals surface area contributed by atoms with Gasteiger partial charge in [-0.25, -0.2) is 9.48 Å². The van der Waals surface area contributed by atoms with Gasteiger partial charge in [0.15, 0.2) is 0 Å². The van der Waals surface area contributed by atoms with Crippen molar-refractivity contribution in [1.29, 1.82) is 0 Å². The Kier molecular flexibility index (Phi) is 6.11. The fourth-order valence-corrected chi connectivity index (χ4v) is 3.38. The Bertz CT molecular complexity index is 780. The van der Waals surface area contributed by atoms with E-state index < -0.39 is 0 Å². The van der Waals surface area contributed by atoms with Crippen LogP contribution in [-0.2, 0) is 11.2 Å². The molecule has 0 aliphatic carbocycles. The molecule has 0 atom stereocenters. The highest BCUT2D eigenvalue weighted by molar-refractivity contribution is 5.95. The summed E-state index contributed by atoms with van der Waals surface area (Å²) in [5.74, 6) is -0.108. The van der Waals surface area contributed by atoms with Crippen molar-refractivity contribution in [3.8, 4) is 5.69 Å². The summed E-state index contributed by atoms with van der Waals surface area (Å²) in [6.07, 6.45) is 3.51. The van der Waals surface area contributed by atoms with Crippen molar-refractivity contribution in [2.75, 3.05) is 19.7 Å². The van der Waals surface area contributed by atoms with Gasteiger partial charge < -0.3 is 15.0 Å². The zero-order valence-corrected chi connectivity index (χ0v) is 15.9. The summed E-state index contributed by atoms with van der Waals surface area (Å²) in [7, 11) is 0. The summed E-state index contributed by atoms with van der Waals surface area (Å²) in [6, 6.07) is 9.85. The second-order valence-electron chi connectivity index (χ2n) is 6.54. The predicted molar refractivity (Wildman–Crippen MR) is 102 cm³/mol. The normalized spacial score (nSPS) is 14.8. The standard InChI is InChI=1S/C20H26N4O3/c1-3-18-17(14-21-24(18)16-8-6-5-7-9-16)19(25)22-15-10-12-23(13-11-15)20(26)27-4-2/h5-9,14-15H,3-4,10-13H2,1-2H3,(H,22,25). The molecule has 2 heterocycles. The van der Waals surface area contributed by atoms with Gasteiger partial charge in [0.05, 0.1) is 29.7 Å².